The Labute approximate surface area is 290 Å². The highest BCUT2D eigenvalue weighted by Gasteiger charge is 2.25. The summed E-state index contributed by atoms with van der Waals surface area (Å²) in [5.74, 6) is 1.01. The topological polar surface area (TPSA) is 109 Å². The van der Waals surface area contributed by atoms with Crippen LogP contribution in [0.25, 0.3) is 22.3 Å². The van der Waals surface area contributed by atoms with Gasteiger partial charge in [-0.3, -0.25) is 4.79 Å². The molecule has 6 aromatic rings. The third-order valence-corrected chi connectivity index (χ3v) is 9.54. The SMILES string of the molecule is COc1ccc(-c2cn[nH]n2)cc1C(=O)N(C)CC(CCN1CCCN(c2nc3ccccc3n2Cc2ccoc2)CC1)c1ccc(F)cc1. The molecule has 0 radical (unpaired) electrons. The number of imidazole rings is 1. The van der Waals surface area contributed by atoms with Crippen molar-refractivity contribution in [1.29, 1.82) is 0 Å². The van der Waals surface area contributed by atoms with Crippen molar-refractivity contribution < 1.29 is 18.3 Å². The fraction of sp³-hybridized carbons (Fsp3) is 0.316. The summed E-state index contributed by atoms with van der Waals surface area (Å²) < 4.78 is 27.2. The first kappa shape index (κ1) is 33.0. The molecule has 7 rings (SSSR count). The summed E-state index contributed by atoms with van der Waals surface area (Å²) in [7, 11) is 3.36. The minimum atomic E-state index is -0.280. The van der Waals surface area contributed by atoms with Gasteiger partial charge in [-0.15, -0.1) is 0 Å². The lowest BCUT2D eigenvalue weighted by Crippen LogP contribution is -2.35. The van der Waals surface area contributed by atoms with Crippen LogP contribution in [0.15, 0.2) is 95.9 Å². The lowest BCUT2D eigenvalue weighted by molar-refractivity contribution is 0.0779. The van der Waals surface area contributed by atoms with Crippen molar-refractivity contribution in [2.45, 2.75) is 25.3 Å². The van der Waals surface area contributed by atoms with Gasteiger partial charge in [0.15, 0.2) is 0 Å². The first-order valence-electron chi connectivity index (χ1n) is 17.0. The number of anilines is 1. The first-order chi connectivity index (χ1) is 24.5. The van der Waals surface area contributed by atoms with Crippen LogP contribution < -0.4 is 9.64 Å². The predicted molar refractivity (Wildman–Crippen MR) is 190 cm³/mol. The van der Waals surface area contributed by atoms with Gasteiger partial charge >= 0.3 is 0 Å². The van der Waals surface area contributed by atoms with Crippen molar-refractivity contribution in [1.82, 2.24) is 34.8 Å². The van der Waals surface area contributed by atoms with Gasteiger partial charge in [-0.2, -0.15) is 15.4 Å². The third-order valence-electron chi connectivity index (χ3n) is 9.54. The number of hydrogen-bond donors (Lipinski definition) is 1. The molecule has 0 saturated carbocycles. The highest BCUT2D eigenvalue weighted by atomic mass is 19.1. The largest absolute Gasteiger partial charge is 0.496 e. The van der Waals surface area contributed by atoms with Crippen molar-refractivity contribution in [3.63, 3.8) is 0 Å². The van der Waals surface area contributed by atoms with E-state index in [0.29, 0.717) is 30.1 Å². The molecule has 0 spiro atoms. The van der Waals surface area contributed by atoms with Crippen LogP contribution in [0.2, 0.25) is 0 Å². The predicted octanol–water partition coefficient (Wildman–Crippen LogP) is 6.07. The Bertz CT molecular complexity index is 2010. The number of furan rings is 1. The maximum atomic E-state index is 14.0. The molecule has 3 aromatic carbocycles. The Morgan fingerprint density at radius 1 is 1.06 bits per heavy atom. The van der Waals surface area contributed by atoms with E-state index in [0.717, 1.165) is 79.2 Å². The first-order valence-corrected chi connectivity index (χ1v) is 17.0. The summed E-state index contributed by atoms with van der Waals surface area (Å²) >= 11 is 0. The Kier molecular flexibility index (Phi) is 9.88. The number of carbonyl (C=O) groups is 1. The molecule has 1 fully saturated rings. The summed E-state index contributed by atoms with van der Waals surface area (Å²) in [5.41, 5.74) is 6.03. The zero-order valence-corrected chi connectivity index (χ0v) is 28.3. The van der Waals surface area contributed by atoms with Gasteiger partial charge in [-0.05, 0) is 80.0 Å². The van der Waals surface area contributed by atoms with E-state index in [-0.39, 0.29) is 17.6 Å². The van der Waals surface area contributed by atoms with Crippen molar-refractivity contribution in [2.24, 2.45) is 0 Å². The highest BCUT2D eigenvalue weighted by molar-refractivity contribution is 5.98. The minimum Gasteiger partial charge on any atom is -0.496 e. The number of rotatable bonds is 12. The second-order valence-electron chi connectivity index (χ2n) is 12.8. The minimum absolute atomic E-state index is 0.00668. The van der Waals surface area contributed by atoms with Crippen molar-refractivity contribution in [3.8, 4) is 17.0 Å². The fourth-order valence-corrected chi connectivity index (χ4v) is 6.85. The number of ether oxygens (including phenoxy) is 1. The number of aromatic nitrogens is 5. The van der Waals surface area contributed by atoms with Crippen molar-refractivity contribution >= 4 is 22.9 Å². The molecule has 0 aliphatic carbocycles. The molecule has 3 aromatic heterocycles. The van der Waals surface area contributed by atoms with Gasteiger partial charge in [-0.1, -0.05) is 24.3 Å². The maximum Gasteiger partial charge on any atom is 0.257 e. The molecule has 1 saturated heterocycles. The van der Waals surface area contributed by atoms with Crippen LogP contribution in [-0.4, -0.2) is 94.1 Å². The standard InChI is InChI=1S/C38H41FN8O3/c1-44(37(48)32-22-29(10-13-36(32)49-2)34-23-40-43-42-34)25-30(28-8-11-31(39)12-9-28)14-18-45-16-5-17-46(20-19-45)38-41-33-6-3-4-7-35(33)47(38)24-27-15-21-50-26-27/h3-4,6-13,15,21-23,26,30H,5,14,16-20,24-25H2,1-2H3,(H,40,42,43). The second kappa shape index (κ2) is 15.0. The highest BCUT2D eigenvalue weighted by Crippen LogP contribution is 2.29. The van der Waals surface area contributed by atoms with E-state index in [1.54, 1.807) is 49.9 Å². The summed E-state index contributed by atoms with van der Waals surface area (Å²) in [6.07, 6.45) is 6.91. The Morgan fingerprint density at radius 3 is 2.70 bits per heavy atom. The number of nitrogens with one attached hydrogen (secondary N) is 1. The number of amides is 1. The van der Waals surface area contributed by atoms with Gasteiger partial charge in [0.2, 0.25) is 5.95 Å². The number of benzene rings is 3. The number of carbonyl (C=O) groups excluding carboxylic acids is 1. The Hall–Kier alpha value is -5.49. The fourth-order valence-electron chi connectivity index (χ4n) is 6.85. The quantitative estimate of drug-likeness (QED) is 0.167. The zero-order valence-electron chi connectivity index (χ0n) is 28.3. The van der Waals surface area contributed by atoms with E-state index < -0.39 is 0 Å². The molecule has 12 heteroatoms. The van der Waals surface area contributed by atoms with Gasteiger partial charge in [0, 0.05) is 50.3 Å². The molecule has 258 valence electrons. The Balaban J connectivity index is 1.05. The zero-order chi connectivity index (χ0) is 34.5. The molecule has 1 atom stereocenters. The molecule has 1 aliphatic heterocycles. The average Bonchev–Trinajstić information content (AvgIpc) is 3.91. The van der Waals surface area contributed by atoms with E-state index in [1.807, 2.05) is 30.3 Å². The monoisotopic (exact) mass is 676 g/mol. The molecule has 4 heterocycles. The number of methoxy groups -OCH3 is 1. The van der Waals surface area contributed by atoms with Crippen LogP contribution in [-0.2, 0) is 6.54 Å². The molecular weight excluding hydrogens is 635 g/mol. The average molecular weight is 677 g/mol. The maximum absolute atomic E-state index is 14.0. The van der Waals surface area contributed by atoms with Crippen LogP contribution >= 0.6 is 0 Å². The lowest BCUT2D eigenvalue weighted by Gasteiger charge is -2.28. The molecule has 11 nitrogen and oxygen atoms in total. The molecule has 1 aliphatic rings. The van der Waals surface area contributed by atoms with E-state index >= 15 is 0 Å². The molecule has 1 amide bonds. The van der Waals surface area contributed by atoms with Gasteiger partial charge in [0.1, 0.15) is 17.3 Å². The normalized spacial score (nSPS) is 14.5. The summed E-state index contributed by atoms with van der Waals surface area (Å²) in [5, 5.41) is 10.7. The van der Waals surface area contributed by atoms with Gasteiger partial charge in [-0.25, -0.2) is 9.37 Å². The van der Waals surface area contributed by atoms with E-state index in [4.69, 9.17) is 14.1 Å². The smallest absolute Gasteiger partial charge is 0.257 e. The van der Waals surface area contributed by atoms with Crippen molar-refractivity contribution in [3.05, 3.63) is 114 Å². The number of likely N-dealkylation sites (N-methyl/N-ethyl adjacent to an activating group) is 1. The number of fused-ring (bicyclic) bond motifs is 1. The van der Waals surface area contributed by atoms with Crippen LogP contribution in [0.1, 0.15) is 40.2 Å². The number of aromatic amines is 1. The molecule has 1 unspecified atom stereocenters. The number of para-hydroxylation sites is 2. The number of hydrogen-bond acceptors (Lipinski definition) is 8. The number of halogens is 1. The number of nitrogens with zero attached hydrogens (tertiary/aromatic N) is 7. The van der Waals surface area contributed by atoms with E-state index in [2.05, 4.69) is 48.0 Å². The van der Waals surface area contributed by atoms with Crippen LogP contribution in [0.3, 0.4) is 0 Å². The lowest BCUT2D eigenvalue weighted by atomic mass is 9.94. The number of H-pyrrole nitrogens is 1. The molecular formula is C38H41FN8O3. The summed E-state index contributed by atoms with van der Waals surface area (Å²) in [4.78, 5) is 25.6. The van der Waals surface area contributed by atoms with Gasteiger partial charge in [0.05, 0.1) is 49.0 Å². The molecule has 1 N–H and O–H groups in total. The van der Waals surface area contributed by atoms with Gasteiger partial charge in [0.25, 0.3) is 5.91 Å². The van der Waals surface area contributed by atoms with Crippen molar-refractivity contribution in [2.75, 3.05) is 58.3 Å². The van der Waals surface area contributed by atoms with Crippen LogP contribution in [0.5, 0.6) is 5.75 Å². The van der Waals surface area contributed by atoms with E-state index in [1.165, 1.54) is 12.1 Å². The summed E-state index contributed by atoms with van der Waals surface area (Å²) in [6.45, 7) is 5.57. The van der Waals surface area contributed by atoms with Crippen LogP contribution in [0, 0.1) is 5.82 Å². The third kappa shape index (κ3) is 7.25. The van der Waals surface area contributed by atoms with E-state index in [9.17, 15) is 9.18 Å². The Morgan fingerprint density at radius 2 is 1.92 bits per heavy atom. The summed E-state index contributed by atoms with van der Waals surface area (Å²) in [6, 6.07) is 22.3. The molecule has 50 heavy (non-hydrogen) atoms. The van der Waals surface area contributed by atoms with Crippen LogP contribution in [0.4, 0.5) is 10.3 Å². The second-order valence-corrected chi connectivity index (χ2v) is 12.8. The molecule has 0 bridgehead atoms. The van der Waals surface area contributed by atoms with Gasteiger partial charge < -0.3 is 28.4 Å².